The second-order valence-corrected chi connectivity index (χ2v) is 8.25. The van der Waals surface area contributed by atoms with E-state index in [4.69, 9.17) is 4.74 Å². The van der Waals surface area contributed by atoms with Crippen molar-refractivity contribution in [3.05, 3.63) is 0 Å². The molecule has 5 heteroatoms. The summed E-state index contributed by atoms with van der Waals surface area (Å²) in [6.07, 6.45) is 13.3. The normalized spacial score (nSPS) is 23.8. The van der Waals surface area contributed by atoms with Crippen molar-refractivity contribution in [3.63, 3.8) is 0 Å². The standard InChI is InChI=1S/C22H40N2O3/c1-3-5-7-9-15-23-17-11-13-19(23)21(25)27-22(26)20-14-12-18-24(20)16-10-8-6-4-2/h19-20H,3-18H2,1-2H3/t19-,20-/m0/s1. The number of ether oxygens (including phenoxy) is 1. The number of hydrogen-bond donors (Lipinski definition) is 0. The number of nitrogens with zero attached hydrogens (tertiary/aromatic N) is 2. The zero-order valence-electron chi connectivity index (χ0n) is 17.6. The molecule has 0 radical (unpaired) electrons. The summed E-state index contributed by atoms with van der Waals surface area (Å²) in [6, 6.07) is -0.426. The minimum Gasteiger partial charge on any atom is -0.391 e. The van der Waals surface area contributed by atoms with E-state index in [0.717, 1.165) is 64.7 Å². The van der Waals surface area contributed by atoms with Gasteiger partial charge in [0.05, 0.1) is 0 Å². The van der Waals surface area contributed by atoms with Crippen LogP contribution in [0, 0.1) is 0 Å². The Morgan fingerprint density at radius 1 is 0.741 bits per heavy atom. The molecule has 2 rings (SSSR count). The molecule has 2 aliphatic rings. The van der Waals surface area contributed by atoms with Crippen molar-refractivity contribution < 1.29 is 14.3 Å². The van der Waals surface area contributed by atoms with Crippen LogP contribution < -0.4 is 0 Å². The minimum absolute atomic E-state index is 0.213. The molecule has 156 valence electrons. The van der Waals surface area contributed by atoms with Gasteiger partial charge >= 0.3 is 11.9 Å². The van der Waals surface area contributed by atoms with E-state index in [-0.39, 0.29) is 24.0 Å². The predicted octanol–water partition coefficient (Wildman–Crippen LogP) is 4.15. The molecule has 2 atom stereocenters. The van der Waals surface area contributed by atoms with Crippen LogP contribution in [-0.4, -0.2) is 60.0 Å². The number of esters is 2. The highest BCUT2D eigenvalue weighted by Crippen LogP contribution is 2.22. The first-order valence-electron chi connectivity index (χ1n) is 11.4. The highest BCUT2D eigenvalue weighted by Gasteiger charge is 2.37. The van der Waals surface area contributed by atoms with Gasteiger partial charge in [0.15, 0.2) is 0 Å². The maximum Gasteiger partial charge on any atom is 0.331 e. The van der Waals surface area contributed by atoms with Crippen molar-refractivity contribution >= 4 is 11.9 Å². The van der Waals surface area contributed by atoms with Gasteiger partial charge in [-0.25, -0.2) is 9.59 Å². The molecule has 0 aromatic carbocycles. The Morgan fingerprint density at radius 3 is 1.59 bits per heavy atom. The Balaban J connectivity index is 1.76. The van der Waals surface area contributed by atoms with E-state index in [9.17, 15) is 9.59 Å². The summed E-state index contributed by atoms with van der Waals surface area (Å²) in [5, 5.41) is 0. The third-order valence-corrected chi connectivity index (χ3v) is 6.07. The van der Waals surface area contributed by atoms with E-state index in [1.165, 1.54) is 38.5 Å². The number of hydrogen-bond acceptors (Lipinski definition) is 5. The first-order valence-corrected chi connectivity index (χ1v) is 11.4. The average molecular weight is 381 g/mol. The number of unbranched alkanes of at least 4 members (excludes halogenated alkanes) is 6. The Bertz CT molecular complexity index is 415. The van der Waals surface area contributed by atoms with Crippen LogP contribution in [-0.2, 0) is 14.3 Å². The fourth-order valence-electron chi connectivity index (χ4n) is 4.44. The van der Waals surface area contributed by atoms with Crippen LogP contribution in [0.5, 0.6) is 0 Å². The molecule has 0 unspecified atom stereocenters. The van der Waals surface area contributed by atoms with Crippen LogP contribution in [0.3, 0.4) is 0 Å². The second kappa shape index (κ2) is 12.5. The summed E-state index contributed by atoms with van der Waals surface area (Å²) in [5.41, 5.74) is 0. The van der Waals surface area contributed by atoms with Crippen LogP contribution in [0.1, 0.15) is 90.9 Å². The van der Waals surface area contributed by atoms with E-state index in [1.54, 1.807) is 0 Å². The maximum atomic E-state index is 12.6. The fourth-order valence-corrected chi connectivity index (χ4v) is 4.44. The third kappa shape index (κ3) is 7.19. The summed E-state index contributed by atoms with van der Waals surface area (Å²) in [4.78, 5) is 29.7. The number of rotatable bonds is 12. The Morgan fingerprint density at radius 2 is 1.19 bits per heavy atom. The lowest BCUT2D eigenvalue weighted by Crippen LogP contribution is -2.43. The van der Waals surface area contributed by atoms with Crippen molar-refractivity contribution in [2.24, 2.45) is 0 Å². The maximum absolute atomic E-state index is 12.6. The van der Waals surface area contributed by atoms with E-state index in [2.05, 4.69) is 23.6 Å². The van der Waals surface area contributed by atoms with Crippen molar-refractivity contribution in [3.8, 4) is 0 Å². The molecule has 0 amide bonds. The highest BCUT2D eigenvalue weighted by molar-refractivity contribution is 5.91. The molecule has 27 heavy (non-hydrogen) atoms. The smallest absolute Gasteiger partial charge is 0.331 e. The van der Waals surface area contributed by atoms with Gasteiger partial charge in [-0.3, -0.25) is 9.80 Å². The number of carbonyl (C=O) groups excluding carboxylic acids is 2. The lowest BCUT2D eigenvalue weighted by atomic mass is 10.1. The largest absolute Gasteiger partial charge is 0.391 e. The molecule has 0 bridgehead atoms. The van der Waals surface area contributed by atoms with Gasteiger partial charge in [-0.1, -0.05) is 52.4 Å². The van der Waals surface area contributed by atoms with Gasteiger partial charge in [-0.15, -0.1) is 0 Å². The lowest BCUT2D eigenvalue weighted by molar-refractivity contribution is -0.166. The van der Waals surface area contributed by atoms with Gasteiger partial charge in [0, 0.05) is 0 Å². The van der Waals surface area contributed by atoms with E-state index >= 15 is 0 Å². The summed E-state index contributed by atoms with van der Waals surface area (Å²) in [5.74, 6) is -0.628. The summed E-state index contributed by atoms with van der Waals surface area (Å²) < 4.78 is 5.37. The monoisotopic (exact) mass is 380 g/mol. The van der Waals surface area contributed by atoms with E-state index in [0.29, 0.717) is 0 Å². The van der Waals surface area contributed by atoms with Crippen molar-refractivity contribution in [2.45, 2.75) is 103 Å². The van der Waals surface area contributed by atoms with Crippen molar-refractivity contribution in [1.82, 2.24) is 9.80 Å². The quantitative estimate of drug-likeness (QED) is 0.289. The second-order valence-electron chi connectivity index (χ2n) is 8.25. The molecular weight excluding hydrogens is 340 g/mol. The summed E-state index contributed by atoms with van der Waals surface area (Å²) >= 11 is 0. The van der Waals surface area contributed by atoms with Gasteiger partial charge in [0.25, 0.3) is 0 Å². The molecule has 0 N–H and O–H groups in total. The lowest BCUT2D eigenvalue weighted by Gasteiger charge is -2.25. The molecule has 0 spiro atoms. The van der Waals surface area contributed by atoms with E-state index in [1.807, 2.05) is 0 Å². The van der Waals surface area contributed by atoms with Crippen LogP contribution in [0.15, 0.2) is 0 Å². The minimum atomic E-state index is -0.314. The van der Waals surface area contributed by atoms with Crippen molar-refractivity contribution in [2.75, 3.05) is 26.2 Å². The molecular formula is C22H40N2O3. The van der Waals surface area contributed by atoms with Crippen LogP contribution in [0.2, 0.25) is 0 Å². The van der Waals surface area contributed by atoms with Crippen LogP contribution in [0.25, 0.3) is 0 Å². The van der Waals surface area contributed by atoms with Gasteiger partial charge < -0.3 is 4.74 Å². The van der Waals surface area contributed by atoms with Gasteiger partial charge in [0.1, 0.15) is 12.1 Å². The SMILES string of the molecule is CCCCCCN1CCC[C@H]1C(=O)OC(=O)[C@@H]1CCCN1CCCCCC. The van der Waals surface area contributed by atoms with E-state index < -0.39 is 0 Å². The van der Waals surface area contributed by atoms with Crippen LogP contribution >= 0.6 is 0 Å². The summed E-state index contributed by atoms with van der Waals surface area (Å²) in [7, 11) is 0. The molecule has 2 aliphatic heterocycles. The van der Waals surface area contributed by atoms with Gasteiger partial charge in [0.2, 0.25) is 0 Å². The Hall–Kier alpha value is -0.940. The first-order chi connectivity index (χ1) is 13.2. The van der Waals surface area contributed by atoms with Crippen molar-refractivity contribution in [1.29, 1.82) is 0 Å². The zero-order valence-corrected chi connectivity index (χ0v) is 17.6. The molecule has 0 aromatic rings. The molecule has 0 aromatic heterocycles. The molecule has 2 saturated heterocycles. The van der Waals surface area contributed by atoms with Gasteiger partial charge in [-0.05, 0) is 64.7 Å². The first kappa shape index (κ1) is 22.4. The Labute approximate surface area is 165 Å². The Kier molecular flexibility index (Phi) is 10.4. The average Bonchev–Trinajstić information content (AvgIpc) is 3.31. The molecule has 0 aliphatic carbocycles. The molecule has 2 fully saturated rings. The molecule has 5 nitrogen and oxygen atoms in total. The molecule has 2 heterocycles. The zero-order chi connectivity index (χ0) is 19.5. The summed E-state index contributed by atoms with van der Waals surface area (Å²) in [6.45, 7) is 8.21. The molecule has 0 saturated carbocycles. The fraction of sp³-hybridized carbons (Fsp3) is 0.909. The predicted molar refractivity (Wildman–Crippen MR) is 109 cm³/mol. The number of carbonyl (C=O) groups is 2. The topological polar surface area (TPSA) is 49.9 Å². The van der Waals surface area contributed by atoms with Crippen LogP contribution in [0.4, 0.5) is 0 Å². The van der Waals surface area contributed by atoms with Gasteiger partial charge in [-0.2, -0.15) is 0 Å². The number of likely N-dealkylation sites (tertiary alicyclic amines) is 2. The highest BCUT2D eigenvalue weighted by atomic mass is 16.6. The third-order valence-electron chi connectivity index (χ3n) is 6.07.